The second-order valence-corrected chi connectivity index (χ2v) is 4.79. The molecule has 3 nitrogen and oxygen atoms in total. The largest absolute Gasteiger partial charge is 0.356 e. The van der Waals surface area contributed by atoms with Gasteiger partial charge in [0, 0.05) is 27.2 Å². The van der Waals surface area contributed by atoms with Gasteiger partial charge in [-0.2, -0.15) is 0 Å². The number of guanidine groups is 1. The average Bonchev–Trinajstić information content (AvgIpc) is 2.25. The van der Waals surface area contributed by atoms with Crippen LogP contribution in [0.2, 0.25) is 0 Å². The highest BCUT2D eigenvalue weighted by molar-refractivity contribution is 14.0. The molecule has 0 heterocycles. The van der Waals surface area contributed by atoms with Gasteiger partial charge in [0.1, 0.15) is 0 Å². The molecule has 0 aromatic carbocycles. The minimum Gasteiger partial charge on any atom is -0.356 e. The first-order valence-corrected chi connectivity index (χ1v) is 6.53. The minimum absolute atomic E-state index is 0. The van der Waals surface area contributed by atoms with Gasteiger partial charge in [0.2, 0.25) is 0 Å². The summed E-state index contributed by atoms with van der Waals surface area (Å²) in [5.41, 5.74) is 0. The van der Waals surface area contributed by atoms with Crippen molar-refractivity contribution in [3.63, 3.8) is 0 Å². The lowest BCUT2D eigenvalue weighted by Gasteiger charge is -2.21. The number of rotatable bonds is 7. The standard InChI is InChI=1S/C13H29N3.HI/c1-6-7-11-16(5)13(14-4)15-10-8-9-12(2)3;/h12H,6-11H2,1-5H3,(H,14,15);1H. The predicted molar refractivity (Wildman–Crippen MR) is 88.4 cm³/mol. The molecule has 0 radical (unpaired) electrons. The summed E-state index contributed by atoms with van der Waals surface area (Å²) in [5.74, 6) is 1.82. The number of unbranched alkanes of at least 4 members (excludes halogenated alkanes) is 1. The molecule has 0 spiro atoms. The van der Waals surface area contributed by atoms with Crippen molar-refractivity contribution in [2.75, 3.05) is 27.2 Å². The van der Waals surface area contributed by atoms with E-state index in [0.29, 0.717) is 0 Å². The van der Waals surface area contributed by atoms with Gasteiger partial charge in [0.05, 0.1) is 0 Å². The van der Waals surface area contributed by atoms with Crippen LogP contribution in [-0.2, 0) is 0 Å². The highest BCUT2D eigenvalue weighted by atomic mass is 127. The quantitative estimate of drug-likeness (QED) is 0.328. The third-order valence-corrected chi connectivity index (χ3v) is 2.66. The second kappa shape index (κ2) is 12.5. The topological polar surface area (TPSA) is 27.6 Å². The zero-order valence-electron chi connectivity index (χ0n) is 12.1. The normalized spacial score (nSPS) is 11.3. The molecule has 0 aliphatic carbocycles. The van der Waals surface area contributed by atoms with Crippen LogP contribution in [-0.4, -0.2) is 38.0 Å². The third-order valence-electron chi connectivity index (χ3n) is 2.66. The summed E-state index contributed by atoms with van der Waals surface area (Å²) < 4.78 is 0. The number of aliphatic imine (C=N–C) groups is 1. The molecule has 0 unspecified atom stereocenters. The van der Waals surface area contributed by atoms with Crippen LogP contribution in [0.5, 0.6) is 0 Å². The molecule has 1 N–H and O–H groups in total. The molecule has 0 aliphatic rings. The number of halogens is 1. The molecule has 0 bridgehead atoms. The Kier molecular flexibility index (Phi) is 14.2. The molecule has 104 valence electrons. The van der Waals surface area contributed by atoms with Crippen LogP contribution < -0.4 is 5.32 Å². The minimum atomic E-state index is 0. The van der Waals surface area contributed by atoms with Crippen molar-refractivity contribution in [3.05, 3.63) is 0 Å². The maximum absolute atomic E-state index is 4.29. The predicted octanol–water partition coefficient (Wildman–Crippen LogP) is 3.35. The fourth-order valence-corrected chi connectivity index (χ4v) is 1.60. The summed E-state index contributed by atoms with van der Waals surface area (Å²) >= 11 is 0. The molecule has 0 aromatic rings. The molecule has 17 heavy (non-hydrogen) atoms. The highest BCUT2D eigenvalue weighted by Gasteiger charge is 2.03. The summed E-state index contributed by atoms with van der Waals surface area (Å²) in [6.45, 7) is 8.86. The van der Waals surface area contributed by atoms with E-state index in [4.69, 9.17) is 0 Å². The van der Waals surface area contributed by atoms with Crippen molar-refractivity contribution in [1.82, 2.24) is 10.2 Å². The van der Waals surface area contributed by atoms with Crippen molar-refractivity contribution in [2.45, 2.75) is 46.5 Å². The summed E-state index contributed by atoms with van der Waals surface area (Å²) in [6.07, 6.45) is 4.96. The highest BCUT2D eigenvalue weighted by Crippen LogP contribution is 2.02. The number of nitrogens with zero attached hydrogens (tertiary/aromatic N) is 2. The molecular weight excluding hydrogens is 325 g/mol. The van der Waals surface area contributed by atoms with Crippen molar-refractivity contribution in [3.8, 4) is 0 Å². The fourth-order valence-electron chi connectivity index (χ4n) is 1.60. The lowest BCUT2D eigenvalue weighted by atomic mass is 10.1. The summed E-state index contributed by atoms with van der Waals surface area (Å²) in [5, 5.41) is 3.41. The molecule has 0 saturated heterocycles. The summed E-state index contributed by atoms with van der Waals surface area (Å²) in [7, 11) is 3.96. The molecule has 0 aliphatic heterocycles. The number of hydrogen-bond acceptors (Lipinski definition) is 1. The first-order valence-electron chi connectivity index (χ1n) is 6.53. The molecule has 0 rings (SSSR count). The van der Waals surface area contributed by atoms with Crippen LogP contribution in [0.3, 0.4) is 0 Å². The number of nitrogens with one attached hydrogen (secondary N) is 1. The van der Waals surface area contributed by atoms with E-state index < -0.39 is 0 Å². The SMILES string of the molecule is CCCCN(C)C(=NC)NCCCC(C)C.I. The van der Waals surface area contributed by atoms with Crippen molar-refractivity contribution in [2.24, 2.45) is 10.9 Å². The van der Waals surface area contributed by atoms with E-state index in [1.165, 1.54) is 25.7 Å². The van der Waals surface area contributed by atoms with E-state index in [-0.39, 0.29) is 24.0 Å². The fraction of sp³-hybridized carbons (Fsp3) is 0.923. The van der Waals surface area contributed by atoms with Gasteiger partial charge in [-0.15, -0.1) is 24.0 Å². The van der Waals surface area contributed by atoms with Crippen LogP contribution >= 0.6 is 24.0 Å². The van der Waals surface area contributed by atoms with Gasteiger partial charge in [0.25, 0.3) is 0 Å². The smallest absolute Gasteiger partial charge is 0.193 e. The molecule has 0 fully saturated rings. The average molecular weight is 355 g/mol. The first-order chi connectivity index (χ1) is 7.61. The van der Waals surface area contributed by atoms with E-state index in [0.717, 1.165) is 25.0 Å². The van der Waals surface area contributed by atoms with Gasteiger partial charge in [-0.05, 0) is 25.2 Å². The van der Waals surface area contributed by atoms with Gasteiger partial charge in [-0.1, -0.05) is 27.2 Å². The van der Waals surface area contributed by atoms with Crippen LogP contribution in [0.4, 0.5) is 0 Å². The monoisotopic (exact) mass is 355 g/mol. The van der Waals surface area contributed by atoms with Gasteiger partial charge < -0.3 is 10.2 Å². The molecular formula is C13H30IN3. The van der Waals surface area contributed by atoms with Crippen LogP contribution in [0, 0.1) is 5.92 Å². The Morgan fingerprint density at radius 3 is 2.41 bits per heavy atom. The zero-order valence-corrected chi connectivity index (χ0v) is 14.5. The van der Waals surface area contributed by atoms with Crippen molar-refractivity contribution < 1.29 is 0 Å². The van der Waals surface area contributed by atoms with Gasteiger partial charge >= 0.3 is 0 Å². The molecule has 4 heteroatoms. The van der Waals surface area contributed by atoms with E-state index in [1.54, 1.807) is 0 Å². The van der Waals surface area contributed by atoms with Crippen LogP contribution in [0.15, 0.2) is 4.99 Å². The lowest BCUT2D eigenvalue weighted by molar-refractivity contribution is 0.460. The van der Waals surface area contributed by atoms with Crippen molar-refractivity contribution in [1.29, 1.82) is 0 Å². The van der Waals surface area contributed by atoms with Gasteiger partial charge in [-0.25, -0.2) is 0 Å². The Bertz CT molecular complexity index is 193. The Morgan fingerprint density at radius 2 is 1.94 bits per heavy atom. The van der Waals surface area contributed by atoms with Crippen LogP contribution in [0.1, 0.15) is 46.5 Å². The van der Waals surface area contributed by atoms with E-state index in [1.807, 2.05) is 7.05 Å². The first kappa shape index (κ1) is 19.3. The maximum atomic E-state index is 4.29. The Morgan fingerprint density at radius 1 is 1.29 bits per heavy atom. The van der Waals surface area contributed by atoms with Crippen LogP contribution in [0.25, 0.3) is 0 Å². The molecule has 0 aromatic heterocycles. The molecule has 0 saturated carbocycles. The number of hydrogen-bond donors (Lipinski definition) is 1. The zero-order chi connectivity index (χ0) is 12.4. The third kappa shape index (κ3) is 10.9. The molecule has 0 atom stereocenters. The van der Waals surface area contributed by atoms with Gasteiger partial charge in [-0.3, -0.25) is 4.99 Å². The lowest BCUT2D eigenvalue weighted by Crippen LogP contribution is -2.39. The van der Waals surface area contributed by atoms with Gasteiger partial charge in [0.15, 0.2) is 5.96 Å². The van der Waals surface area contributed by atoms with Crippen molar-refractivity contribution >= 4 is 29.9 Å². The van der Waals surface area contributed by atoms with E-state index >= 15 is 0 Å². The second-order valence-electron chi connectivity index (χ2n) is 4.79. The Balaban J connectivity index is 0. The summed E-state index contributed by atoms with van der Waals surface area (Å²) in [4.78, 5) is 6.50. The maximum Gasteiger partial charge on any atom is 0.193 e. The Hall–Kier alpha value is 0. The summed E-state index contributed by atoms with van der Waals surface area (Å²) in [6, 6.07) is 0. The Labute approximate surface area is 124 Å². The molecule has 0 amide bonds. The van der Waals surface area contributed by atoms with E-state index in [9.17, 15) is 0 Å². The van der Waals surface area contributed by atoms with E-state index in [2.05, 4.69) is 43.0 Å².